The van der Waals surface area contributed by atoms with E-state index in [9.17, 15) is 19.2 Å². The van der Waals surface area contributed by atoms with Crippen LogP contribution in [0.25, 0.3) is 0 Å². The molecule has 1 aromatic heterocycles. The van der Waals surface area contributed by atoms with E-state index < -0.39 is 23.8 Å². The molecule has 11 heteroatoms. The summed E-state index contributed by atoms with van der Waals surface area (Å²) in [6.45, 7) is 6.81. The Labute approximate surface area is 136 Å². The molecular formula is C12H18N4O6S. The lowest BCUT2D eigenvalue weighted by atomic mass is 10.6. The van der Waals surface area contributed by atoms with Crippen LogP contribution in [0.2, 0.25) is 0 Å². The molecule has 2 amide bonds. The predicted molar refractivity (Wildman–Crippen MR) is 79.2 cm³/mol. The van der Waals surface area contributed by atoms with E-state index in [0.717, 1.165) is 5.01 Å². The lowest BCUT2D eigenvalue weighted by molar-refractivity contribution is -0.155. The third kappa shape index (κ3) is 9.14. The standard InChI is InChI=1S/C6H10N2O4.C6H8N2O2S/c1-3-12-6(11)5(10)8-7-4(2)9;1-3-10-6(9)5-8-7-4(2)11-5/h3H2,1-2H3,(H,7,9)(H,8,10);3H2,1-2H3. The van der Waals surface area contributed by atoms with Gasteiger partial charge in [0.05, 0.1) is 13.2 Å². The summed E-state index contributed by atoms with van der Waals surface area (Å²) < 4.78 is 9.04. The van der Waals surface area contributed by atoms with E-state index in [-0.39, 0.29) is 6.61 Å². The van der Waals surface area contributed by atoms with Gasteiger partial charge in [-0.1, -0.05) is 11.3 Å². The maximum Gasteiger partial charge on any atom is 0.398 e. The van der Waals surface area contributed by atoms with E-state index in [1.54, 1.807) is 20.8 Å². The summed E-state index contributed by atoms with van der Waals surface area (Å²) in [4.78, 5) is 42.4. The molecule has 1 aromatic rings. The fraction of sp³-hybridized carbons (Fsp3) is 0.500. The average molecular weight is 346 g/mol. The molecule has 0 fully saturated rings. The third-order valence-electron chi connectivity index (χ3n) is 1.79. The second-order valence-electron chi connectivity index (χ2n) is 3.70. The molecule has 1 rings (SSSR count). The summed E-state index contributed by atoms with van der Waals surface area (Å²) in [5.41, 5.74) is 3.80. The Balaban J connectivity index is 0.000000422. The molecule has 10 nitrogen and oxygen atoms in total. The maximum atomic E-state index is 10.9. The minimum Gasteiger partial charge on any atom is -0.461 e. The highest BCUT2D eigenvalue weighted by Crippen LogP contribution is 2.08. The van der Waals surface area contributed by atoms with E-state index in [1.807, 2.05) is 10.9 Å². The molecule has 23 heavy (non-hydrogen) atoms. The van der Waals surface area contributed by atoms with Crippen molar-refractivity contribution in [1.82, 2.24) is 21.0 Å². The number of rotatable bonds is 3. The Morgan fingerprint density at radius 3 is 2.09 bits per heavy atom. The van der Waals surface area contributed by atoms with Gasteiger partial charge in [-0.3, -0.25) is 20.4 Å². The van der Waals surface area contributed by atoms with Gasteiger partial charge >= 0.3 is 17.8 Å². The molecule has 128 valence electrons. The fourth-order valence-corrected chi connectivity index (χ4v) is 1.55. The summed E-state index contributed by atoms with van der Waals surface area (Å²) in [6.07, 6.45) is 0. The lowest BCUT2D eigenvalue weighted by Crippen LogP contribution is -2.44. The van der Waals surface area contributed by atoms with Crippen LogP contribution in [0.15, 0.2) is 0 Å². The number of hydrogen-bond acceptors (Lipinski definition) is 9. The molecule has 0 spiro atoms. The minimum absolute atomic E-state index is 0.117. The molecule has 0 aliphatic carbocycles. The number of carbonyl (C=O) groups is 4. The van der Waals surface area contributed by atoms with E-state index in [2.05, 4.69) is 14.9 Å². The van der Waals surface area contributed by atoms with Crippen molar-refractivity contribution in [3.63, 3.8) is 0 Å². The van der Waals surface area contributed by atoms with Crippen molar-refractivity contribution in [2.75, 3.05) is 13.2 Å². The zero-order chi connectivity index (χ0) is 17.8. The molecule has 0 saturated carbocycles. The van der Waals surface area contributed by atoms with Gasteiger partial charge in [0.25, 0.3) is 0 Å². The lowest BCUT2D eigenvalue weighted by Gasteiger charge is -2.03. The molecule has 0 aliphatic heterocycles. The Morgan fingerprint density at radius 2 is 1.65 bits per heavy atom. The topological polar surface area (TPSA) is 137 Å². The first-order valence-electron chi connectivity index (χ1n) is 6.52. The largest absolute Gasteiger partial charge is 0.461 e. The monoisotopic (exact) mass is 346 g/mol. The van der Waals surface area contributed by atoms with Crippen molar-refractivity contribution in [1.29, 1.82) is 0 Å². The number of aromatic nitrogens is 2. The highest BCUT2D eigenvalue weighted by atomic mass is 32.1. The number of aryl methyl sites for hydroxylation is 1. The van der Waals surface area contributed by atoms with Gasteiger partial charge in [-0.05, 0) is 20.8 Å². The summed E-state index contributed by atoms with van der Waals surface area (Å²) >= 11 is 1.24. The molecule has 0 atom stereocenters. The molecule has 0 aromatic carbocycles. The SMILES string of the molecule is CCOC(=O)C(=O)NNC(C)=O.CCOC(=O)c1nnc(C)s1. The average Bonchev–Trinajstić information content (AvgIpc) is 2.92. The van der Waals surface area contributed by atoms with E-state index in [0.29, 0.717) is 11.6 Å². The number of esters is 2. The first-order valence-corrected chi connectivity index (χ1v) is 7.34. The molecule has 0 unspecified atom stereocenters. The minimum atomic E-state index is -1.02. The van der Waals surface area contributed by atoms with E-state index in [4.69, 9.17) is 4.74 Å². The fourth-order valence-electron chi connectivity index (χ4n) is 0.964. The molecule has 0 saturated heterocycles. The van der Waals surface area contributed by atoms with Crippen molar-refractivity contribution < 1.29 is 28.7 Å². The van der Waals surface area contributed by atoms with Gasteiger partial charge in [0.1, 0.15) is 5.01 Å². The molecule has 1 heterocycles. The molecule has 0 radical (unpaired) electrons. The molecule has 0 aliphatic rings. The Morgan fingerprint density at radius 1 is 1.04 bits per heavy atom. The zero-order valence-electron chi connectivity index (χ0n) is 13.2. The summed E-state index contributed by atoms with van der Waals surface area (Å²) in [5, 5.41) is 8.41. The number of nitrogens with zero attached hydrogens (tertiary/aromatic N) is 2. The highest BCUT2D eigenvalue weighted by Gasteiger charge is 2.13. The van der Waals surface area contributed by atoms with Crippen molar-refractivity contribution in [2.24, 2.45) is 0 Å². The van der Waals surface area contributed by atoms with Gasteiger partial charge in [0.15, 0.2) is 0 Å². The van der Waals surface area contributed by atoms with Crippen LogP contribution >= 0.6 is 11.3 Å². The zero-order valence-corrected chi connectivity index (χ0v) is 14.0. The number of carbonyl (C=O) groups excluding carboxylic acids is 4. The van der Waals surface area contributed by atoms with Gasteiger partial charge in [0, 0.05) is 6.92 Å². The second kappa shape index (κ2) is 11.1. The Hall–Kier alpha value is -2.56. The predicted octanol–water partition coefficient (Wildman–Crippen LogP) is -0.260. The molecule has 0 bridgehead atoms. The van der Waals surface area contributed by atoms with Crippen LogP contribution in [0, 0.1) is 6.92 Å². The number of hydrazine groups is 1. The summed E-state index contributed by atoms with van der Waals surface area (Å²) in [5.74, 6) is -2.87. The summed E-state index contributed by atoms with van der Waals surface area (Å²) in [7, 11) is 0. The maximum absolute atomic E-state index is 10.9. The van der Waals surface area contributed by atoms with Crippen molar-refractivity contribution >= 4 is 35.1 Å². The van der Waals surface area contributed by atoms with Crippen molar-refractivity contribution in [2.45, 2.75) is 27.7 Å². The van der Waals surface area contributed by atoms with Crippen LogP contribution in [0.1, 0.15) is 35.6 Å². The Bertz CT molecular complexity index is 560. The number of amides is 2. The van der Waals surface area contributed by atoms with Crippen LogP contribution < -0.4 is 10.9 Å². The van der Waals surface area contributed by atoms with Crippen LogP contribution in [0.3, 0.4) is 0 Å². The van der Waals surface area contributed by atoms with Crippen LogP contribution in [-0.4, -0.2) is 47.2 Å². The second-order valence-corrected chi connectivity index (χ2v) is 4.88. The number of hydrogen-bond donors (Lipinski definition) is 2. The van der Waals surface area contributed by atoms with Gasteiger partial charge in [-0.15, -0.1) is 10.2 Å². The highest BCUT2D eigenvalue weighted by molar-refractivity contribution is 7.13. The van der Waals surface area contributed by atoms with Crippen LogP contribution in [-0.2, 0) is 23.9 Å². The summed E-state index contributed by atoms with van der Waals surface area (Å²) in [6, 6.07) is 0. The van der Waals surface area contributed by atoms with Gasteiger partial charge < -0.3 is 9.47 Å². The molecular weight excluding hydrogens is 328 g/mol. The number of nitrogens with one attached hydrogen (secondary N) is 2. The first-order chi connectivity index (χ1) is 10.8. The quantitative estimate of drug-likeness (QED) is 0.434. The normalized spacial score (nSPS) is 9.04. The number of ether oxygens (including phenoxy) is 2. The van der Waals surface area contributed by atoms with Gasteiger partial charge in [-0.25, -0.2) is 9.59 Å². The van der Waals surface area contributed by atoms with Crippen LogP contribution in [0.5, 0.6) is 0 Å². The van der Waals surface area contributed by atoms with Gasteiger partial charge in [0.2, 0.25) is 10.9 Å². The smallest absolute Gasteiger partial charge is 0.398 e. The van der Waals surface area contributed by atoms with Gasteiger partial charge in [-0.2, -0.15) is 0 Å². The van der Waals surface area contributed by atoms with E-state index >= 15 is 0 Å². The molecule has 2 N–H and O–H groups in total. The van der Waals surface area contributed by atoms with E-state index in [1.165, 1.54) is 18.3 Å². The van der Waals surface area contributed by atoms with Crippen molar-refractivity contribution in [3.8, 4) is 0 Å². The van der Waals surface area contributed by atoms with Crippen molar-refractivity contribution in [3.05, 3.63) is 10.0 Å². The Kier molecular flexibility index (Phi) is 9.83. The third-order valence-corrected chi connectivity index (χ3v) is 2.61. The first kappa shape index (κ1) is 20.4. The van der Waals surface area contributed by atoms with Crippen LogP contribution in [0.4, 0.5) is 0 Å².